The molecule has 1 N–H and O–H groups in total. The van der Waals surface area contributed by atoms with Crippen molar-refractivity contribution in [3.63, 3.8) is 0 Å². The maximum absolute atomic E-state index is 12.5. The van der Waals surface area contributed by atoms with Crippen LogP contribution >= 0.6 is 11.3 Å². The molecule has 1 aliphatic heterocycles. The molecule has 0 aliphatic carbocycles. The number of nitrogens with one attached hydrogen (secondary N) is 1. The van der Waals surface area contributed by atoms with Crippen molar-refractivity contribution in [1.29, 1.82) is 0 Å². The molecular weight excluding hydrogens is 358 g/mol. The molecule has 1 fully saturated rings. The Labute approximate surface area is 162 Å². The molecule has 0 spiro atoms. The number of para-hydroxylation sites is 1. The molecule has 1 aliphatic rings. The third kappa shape index (κ3) is 3.85. The van der Waals surface area contributed by atoms with Crippen LogP contribution in [0.25, 0.3) is 10.2 Å². The highest BCUT2D eigenvalue weighted by molar-refractivity contribution is 7.18. The summed E-state index contributed by atoms with van der Waals surface area (Å²) >= 11 is 1.76. The average molecular weight is 379 g/mol. The molecule has 0 atom stereocenters. The highest BCUT2D eigenvalue weighted by Crippen LogP contribution is 2.33. The van der Waals surface area contributed by atoms with E-state index in [4.69, 9.17) is 4.98 Å². The minimum Gasteiger partial charge on any atom is -0.324 e. The van der Waals surface area contributed by atoms with Gasteiger partial charge in [-0.05, 0) is 44.0 Å². The van der Waals surface area contributed by atoms with Crippen molar-refractivity contribution < 1.29 is 9.59 Å². The number of carbonyl (C=O) groups is 2. The number of likely N-dealkylation sites (tertiary alicyclic amines) is 1. The van der Waals surface area contributed by atoms with E-state index in [1.54, 1.807) is 35.6 Å². The molecule has 5 nitrogen and oxygen atoms in total. The second-order valence-corrected chi connectivity index (χ2v) is 7.91. The Kier molecular flexibility index (Phi) is 4.90. The largest absolute Gasteiger partial charge is 0.324 e. The highest BCUT2D eigenvalue weighted by Gasteiger charge is 2.26. The number of benzene rings is 2. The number of rotatable bonds is 3. The second-order valence-electron chi connectivity index (χ2n) is 6.85. The standard InChI is InChI=1S/C21H21N3O2S/c1-14(25)16-5-4-6-17(13-16)22-21(26)24-11-9-15(10-12-24)20-23-18-7-2-3-8-19(18)27-20/h2-8,13,15H,9-12H2,1H3,(H,22,26). The number of Topliss-reactive ketones (excluding diaryl/α,β-unsaturated/α-hetero) is 1. The SMILES string of the molecule is CC(=O)c1cccc(NC(=O)N2CCC(c3nc4ccccc4s3)CC2)c1. The summed E-state index contributed by atoms with van der Waals surface area (Å²) in [5.41, 5.74) is 2.31. The normalized spacial score (nSPS) is 15.1. The second kappa shape index (κ2) is 7.48. The molecule has 27 heavy (non-hydrogen) atoms. The maximum atomic E-state index is 12.5. The van der Waals surface area contributed by atoms with Crippen LogP contribution in [0.4, 0.5) is 10.5 Å². The molecule has 1 saturated heterocycles. The maximum Gasteiger partial charge on any atom is 0.321 e. The molecule has 4 rings (SSSR count). The van der Waals surface area contributed by atoms with E-state index in [-0.39, 0.29) is 11.8 Å². The van der Waals surface area contributed by atoms with Gasteiger partial charge >= 0.3 is 6.03 Å². The van der Waals surface area contributed by atoms with Crippen LogP contribution in [-0.4, -0.2) is 34.8 Å². The molecule has 0 saturated carbocycles. The van der Waals surface area contributed by atoms with Gasteiger partial charge in [0.05, 0.1) is 15.2 Å². The Balaban J connectivity index is 1.38. The first-order chi connectivity index (χ1) is 13.1. The van der Waals surface area contributed by atoms with Gasteiger partial charge in [-0.25, -0.2) is 9.78 Å². The van der Waals surface area contributed by atoms with Gasteiger partial charge in [-0.2, -0.15) is 0 Å². The third-order valence-corrected chi connectivity index (χ3v) is 6.16. The van der Waals surface area contributed by atoms with E-state index in [2.05, 4.69) is 11.4 Å². The average Bonchev–Trinajstić information content (AvgIpc) is 3.12. The van der Waals surface area contributed by atoms with Crippen molar-refractivity contribution in [2.75, 3.05) is 18.4 Å². The molecule has 1 aromatic heterocycles. The molecule has 0 radical (unpaired) electrons. The Morgan fingerprint density at radius 3 is 2.63 bits per heavy atom. The topological polar surface area (TPSA) is 62.3 Å². The molecule has 0 unspecified atom stereocenters. The van der Waals surface area contributed by atoms with Crippen LogP contribution in [-0.2, 0) is 0 Å². The lowest BCUT2D eigenvalue weighted by Crippen LogP contribution is -2.40. The van der Waals surface area contributed by atoms with Crippen LogP contribution < -0.4 is 5.32 Å². The van der Waals surface area contributed by atoms with E-state index < -0.39 is 0 Å². The molecular formula is C21H21N3O2S. The van der Waals surface area contributed by atoms with Crippen LogP contribution in [0.15, 0.2) is 48.5 Å². The first kappa shape index (κ1) is 17.7. The number of urea groups is 1. The zero-order valence-corrected chi connectivity index (χ0v) is 16.0. The van der Waals surface area contributed by atoms with Crippen molar-refractivity contribution >= 4 is 39.1 Å². The summed E-state index contributed by atoms with van der Waals surface area (Å²) < 4.78 is 1.22. The first-order valence-electron chi connectivity index (χ1n) is 9.12. The molecule has 138 valence electrons. The predicted molar refractivity (Wildman–Crippen MR) is 109 cm³/mol. The number of hydrogen-bond acceptors (Lipinski definition) is 4. The number of amides is 2. The van der Waals surface area contributed by atoms with Crippen molar-refractivity contribution in [1.82, 2.24) is 9.88 Å². The van der Waals surface area contributed by atoms with Crippen LogP contribution in [0.5, 0.6) is 0 Å². The van der Waals surface area contributed by atoms with E-state index in [9.17, 15) is 9.59 Å². The summed E-state index contributed by atoms with van der Waals surface area (Å²) in [4.78, 5) is 30.6. The van der Waals surface area contributed by atoms with Gasteiger partial charge in [-0.15, -0.1) is 11.3 Å². The van der Waals surface area contributed by atoms with Crippen molar-refractivity contribution in [3.05, 3.63) is 59.1 Å². The van der Waals surface area contributed by atoms with Crippen LogP contribution in [0.2, 0.25) is 0 Å². The fraction of sp³-hybridized carbons (Fsp3) is 0.286. The molecule has 6 heteroatoms. The van der Waals surface area contributed by atoms with Gasteiger partial charge in [0.15, 0.2) is 5.78 Å². The molecule has 0 bridgehead atoms. The van der Waals surface area contributed by atoms with E-state index in [0.29, 0.717) is 30.3 Å². The summed E-state index contributed by atoms with van der Waals surface area (Å²) in [6.07, 6.45) is 1.83. The zero-order valence-electron chi connectivity index (χ0n) is 15.1. The van der Waals surface area contributed by atoms with Crippen molar-refractivity contribution in [3.8, 4) is 0 Å². The summed E-state index contributed by atoms with van der Waals surface area (Å²) in [5, 5.41) is 4.08. The number of piperidine rings is 1. The van der Waals surface area contributed by atoms with E-state index in [0.717, 1.165) is 18.4 Å². The lowest BCUT2D eigenvalue weighted by molar-refractivity contribution is 0.101. The number of thiazole rings is 1. The molecule has 2 aromatic carbocycles. The molecule has 3 aromatic rings. The monoisotopic (exact) mass is 379 g/mol. The Hall–Kier alpha value is -2.73. The number of ketones is 1. The number of anilines is 1. The minimum absolute atomic E-state index is 0.0113. The van der Waals surface area contributed by atoms with Gasteiger partial charge in [-0.1, -0.05) is 24.3 Å². The van der Waals surface area contributed by atoms with Crippen molar-refractivity contribution in [2.45, 2.75) is 25.7 Å². The predicted octanol–water partition coefficient (Wildman–Crippen LogP) is 4.91. The van der Waals surface area contributed by atoms with Crippen LogP contribution in [0.1, 0.15) is 41.0 Å². The van der Waals surface area contributed by atoms with Crippen LogP contribution in [0, 0.1) is 0 Å². The number of nitrogens with zero attached hydrogens (tertiary/aromatic N) is 2. The molecule has 2 amide bonds. The highest BCUT2D eigenvalue weighted by atomic mass is 32.1. The van der Waals surface area contributed by atoms with Crippen LogP contribution in [0.3, 0.4) is 0 Å². The van der Waals surface area contributed by atoms with Gasteiger partial charge in [0.25, 0.3) is 0 Å². The number of aromatic nitrogens is 1. The summed E-state index contributed by atoms with van der Waals surface area (Å²) in [7, 11) is 0. The molecule has 2 heterocycles. The van der Waals surface area contributed by atoms with Gasteiger partial charge in [-0.3, -0.25) is 4.79 Å². The quantitative estimate of drug-likeness (QED) is 0.658. The van der Waals surface area contributed by atoms with E-state index in [1.807, 2.05) is 23.1 Å². The van der Waals surface area contributed by atoms with Crippen molar-refractivity contribution in [2.24, 2.45) is 0 Å². The zero-order chi connectivity index (χ0) is 18.8. The lowest BCUT2D eigenvalue weighted by Gasteiger charge is -2.31. The number of hydrogen-bond donors (Lipinski definition) is 1. The summed E-state index contributed by atoms with van der Waals surface area (Å²) in [6.45, 7) is 2.94. The number of carbonyl (C=O) groups excluding carboxylic acids is 2. The van der Waals surface area contributed by atoms with Gasteiger partial charge in [0.2, 0.25) is 0 Å². The minimum atomic E-state index is -0.113. The van der Waals surface area contributed by atoms with E-state index >= 15 is 0 Å². The third-order valence-electron chi connectivity index (χ3n) is 4.96. The Bertz CT molecular complexity index is 957. The lowest BCUT2D eigenvalue weighted by atomic mass is 9.98. The smallest absolute Gasteiger partial charge is 0.321 e. The summed E-state index contributed by atoms with van der Waals surface area (Å²) in [6, 6.07) is 15.2. The van der Waals surface area contributed by atoms with E-state index in [1.165, 1.54) is 16.6 Å². The Morgan fingerprint density at radius 1 is 1.11 bits per heavy atom. The number of fused-ring (bicyclic) bond motifs is 1. The summed E-state index contributed by atoms with van der Waals surface area (Å²) in [5.74, 6) is 0.398. The fourth-order valence-corrected chi connectivity index (χ4v) is 4.55. The fourth-order valence-electron chi connectivity index (χ4n) is 3.41. The first-order valence-corrected chi connectivity index (χ1v) is 9.94. The Morgan fingerprint density at radius 2 is 1.89 bits per heavy atom. The van der Waals surface area contributed by atoms with Gasteiger partial charge in [0.1, 0.15) is 0 Å². The van der Waals surface area contributed by atoms with Gasteiger partial charge in [0, 0.05) is 30.3 Å². The van der Waals surface area contributed by atoms with Gasteiger partial charge < -0.3 is 10.2 Å².